The number of ether oxygens (including phenoxy) is 1. The molecule has 0 bridgehead atoms. The highest BCUT2D eigenvalue weighted by molar-refractivity contribution is 5.87. The molecule has 2 amide bonds. The van der Waals surface area contributed by atoms with E-state index in [1.165, 1.54) is 6.21 Å². The third kappa shape index (κ3) is 5.32. The molecule has 1 aromatic heterocycles. The number of carbonyl (C=O) groups excluding carboxylic acids is 2. The minimum Gasteiger partial charge on any atom is -0.444 e. The molecule has 0 spiro atoms. The van der Waals surface area contributed by atoms with Crippen molar-refractivity contribution in [1.29, 1.82) is 5.41 Å². The average Bonchev–Trinajstić information content (AvgIpc) is 3.25. The summed E-state index contributed by atoms with van der Waals surface area (Å²) in [5, 5.41) is 15.3. The lowest BCUT2D eigenvalue weighted by molar-refractivity contribution is -0.119. The maximum atomic E-state index is 12.2. The van der Waals surface area contributed by atoms with Crippen LogP contribution in [0.4, 0.5) is 10.5 Å². The highest BCUT2D eigenvalue weighted by Crippen LogP contribution is 2.30. The Morgan fingerprint density at radius 1 is 1.27 bits per heavy atom. The summed E-state index contributed by atoms with van der Waals surface area (Å²) in [7, 11) is 0. The summed E-state index contributed by atoms with van der Waals surface area (Å²) in [6.07, 6.45) is 3.45. The standard InChI is InChI=1S/C23H30N6O4/c1-23(2,3)32-22(31)29-12-18(13-29)25-19-10-16(4-5-17(19)11-24)20-26-21(33-27-20)15-6-8-28(14-30)9-7-15/h4-5,10-11,14-15,18,24-25H,6-9,12-13H2,1-3H3. The summed E-state index contributed by atoms with van der Waals surface area (Å²) < 4.78 is 10.9. The van der Waals surface area contributed by atoms with Crippen LogP contribution >= 0.6 is 0 Å². The molecule has 2 aromatic rings. The molecule has 0 aliphatic carbocycles. The molecule has 0 radical (unpaired) electrons. The van der Waals surface area contributed by atoms with Crippen molar-refractivity contribution >= 4 is 24.4 Å². The molecular weight excluding hydrogens is 424 g/mol. The Balaban J connectivity index is 1.41. The number of nitrogens with zero attached hydrogens (tertiary/aromatic N) is 4. The van der Waals surface area contributed by atoms with Crippen molar-refractivity contribution < 1.29 is 18.8 Å². The van der Waals surface area contributed by atoms with E-state index in [-0.39, 0.29) is 18.1 Å². The van der Waals surface area contributed by atoms with Gasteiger partial charge in [0.2, 0.25) is 18.1 Å². The summed E-state index contributed by atoms with van der Waals surface area (Å²) >= 11 is 0. The van der Waals surface area contributed by atoms with E-state index < -0.39 is 5.60 Å². The van der Waals surface area contributed by atoms with E-state index in [1.54, 1.807) is 9.80 Å². The molecular formula is C23H30N6O4. The number of nitrogens with one attached hydrogen (secondary N) is 2. The number of anilines is 1. The van der Waals surface area contributed by atoms with E-state index in [0.29, 0.717) is 37.9 Å². The fraction of sp³-hybridized carbons (Fsp3) is 0.522. The Bertz CT molecular complexity index is 1020. The molecule has 2 aliphatic heterocycles. The number of rotatable bonds is 6. The van der Waals surface area contributed by atoms with Crippen molar-refractivity contribution in [3.05, 3.63) is 29.7 Å². The van der Waals surface area contributed by atoms with Crippen LogP contribution in [0.5, 0.6) is 0 Å². The van der Waals surface area contributed by atoms with Crippen molar-refractivity contribution in [2.24, 2.45) is 0 Å². The van der Waals surface area contributed by atoms with E-state index in [9.17, 15) is 9.59 Å². The lowest BCUT2D eigenvalue weighted by atomic mass is 9.97. The first-order valence-electron chi connectivity index (χ1n) is 11.2. The van der Waals surface area contributed by atoms with Crippen LogP contribution < -0.4 is 5.32 Å². The van der Waals surface area contributed by atoms with E-state index in [0.717, 1.165) is 36.1 Å². The summed E-state index contributed by atoms with van der Waals surface area (Å²) in [4.78, 5) is 31.1. The van der Waals surface area contributed by atoms with Crippen LogP contribution in [0.25, 0.3) is 11.4 Å². The van der Waals surface area contributed by atoms with Crippen LogP contribution in [-0.4, -0.2) is 76.5 Å². The predicted molar refractivity (Wildman–Crippen MR) is 122 cm³/mol. The van der Waals surface area contributed by atoms with Crippen LogP contribution in [0.2, 0.25) is 0 Å². The Morgan fingerprint density at radius 2 is 2.00 bits per heavy atom. The normalized spacial score (nSPS) is 17.4. The first-order chi connectivity index (χ1) is 15.8. The van der Waals surface area contributed by atoms with Crippen LogP contribution in [0.3, 0.4) is 0 Å². The summed E-state index contributed by atoms with van der Waals surface area (Å²) in [6.45, 7) is 7.98. The third-order valence-corrected chi connectivity index (χ3v) is 5.83. The molecule has 1 aromatic carbocycles. The van der Waals surface area contributed by atoms with Gasteiger partial charge in [0.25, 0.3) is 0 Å². The molecule has 2 fully saturated rings. The smallest absolute Gasteiger partial charge is 0.410 e. The van der Waals surface area contributed by atoms with Gasteiger partial charge in [0.1, 0.15) is 5.60 Å². The van der Waals surface area contributed by atoms with Gasteiger partial charge in [-0.1, -0.05) is 17.3 Å². The fourth-order valence-electron chi connectivity index (χ4n) is 3.98. The van der Waals surface area contributed by atoms with Crippen molar-refractivity contribution in [2.75, 3.05) is 31.5 Å². The molecule has 176 valence electrons. The van der Waals surface area contributed by atoms with Crippen LogP contribution in [0, 0.1) is 5.41 Å². The molecule has 33 heavy (non-hydrogen) atoms. The Labute approximate surface area is 192 Å². The molecule has 0 saturated carbocycles. The second-order valence-electron chi connectivity index (χ2n) is 9.54. The predicted octanol–water partition coefficient (Wildman–Crippen LogP) is 3.10. The molecule has 0 atom stereocenters. The van der Waals surface area contributed by atoms with Crippen LogP contribution in [-0.2, 0) is 9.53 Å². The zero-order chi connectivity index (χ0) is 23.6. The van der Waals surface area contributed by atoms with E-state index in [4.69, 9.17) is 14.7 Å². The monoisotopic (exact) mass is 454 g/mol. The lowest BCUT2D eigenvalue weighted by Crippen LogP contribution is -2.58. The SMILES string of the molecule is CC(C)(C)OC(=O)N1CC(Nc2cc(-c3noc(C4CCN(C=O)CC4)n3)ccc2C=N)C1. The van der Waals surface area contributed by atoms with E-state index in [1.807, 2.05) is 39.0 Å². The molecule has 2 aliphatic rings. The topological polar surface area (TPSA) is 125 Å². The van der Waals surface area contributed by atoms with Gasteiger partial charge in [0.05, 0.1) is 6.04 Å². The lowest BCUT2D eigenvalue weighted by Gasteiger charge is -2.40. The maximum Gasteiger partial charge on any atom is 0.410 e. The van der Waals surface area contributed by atoms with Gasteiger partial charge in [-0.2, -0.15) is 4.98 Å². The molecule has 4 rings (SSSR count). The molecule has 3 heterocycles. The maximum absolute atomic E-state index is 12.2. The van der Waals surface area contributed by atoms with Gasteiger partial charge in [0, 0.05) is 55.1 Å². The molecule has 0 unspecified atom stereocenters. The second-order valence-corrected chi connectivity index (χ2v) is 9.54. The Kier molecular flexibility index (Phi) is 6.35. The highest BCUT2D eigenvalue weighted by Gasteiger charge is 2.34. The largest absolute Gasteiger partial charge is 0.444 e. The molecule has 2 N–H and O–H groups in total. The van der Waals surface area contributed by atoms with Gasteiger partial charge in [-0.05, 0) is 39.7 Å². The third-order valence-electron chi connectivity index (χ3n) is 5.83. The van der Waals surface area contributed by atoms with Gasteiger partial charge in [-0.25, -0.2) is 4.79 Å². The second kappa shape index (κ2) is 9.21. The first kappa shape index (κ1) is 22.8. The van der Waals surface area contributed by atoms with Crippen molar-refractivity contribution in [3.63, 3.8) is 0 Å². The molecule has 10 nitrogen and oxygen atoms in total. The zero-order valence-corrected chi connectivity index (χ0v) is 19.2. The van der Waals surface area contributed by atoms with Crippen molar-refractivity contribution in [1.82, 2.24) is 19.9 Å². The Hall–Kier alpha value is -3.43. The number of amides is 2. The summed E-state index contributed by atoms with van der Waals surface area (Å²) in [5.74, 6) is 1.23. The number of likely N-dealkylation sites (tertiary alicyclic amines) is 2. The minimum absolute atomic E-state index is 0.0651. The molecule has 10 heteroatoms. The number of piperidine rings is 1. The number of aromatic nitrogens is 2. The quantitative estimate of drug-likeness (QED) is 0.507. The van der Waals surface area contributed by atoms with Gasteiger partial charge in [-0.15, -0.1) is 0 Å². The number of hydrogen-bond acceptors (Lipinski definition) is 8. The summed E-state index contributed by atoms with van der Waals surface area (Å²) in [6, 6.07) is 5.67. The first-order valence-corrected chi connectivity index (χ1v) is 11.2. The zero-order valence-electron chi connectivity index (χ0n) is 19.2. The number of hydrogen-bond donors (Lipinski definition) is 2. The van der Waals surface area contributed by atoms with Gasteiger partial charge in [-0.3, -0.25) is 4.79 Å². The van der Waals surface area contributed by atoms with Crippen molar-refractivity contribution in [2.45, 2.75) is 51.2 Å². The van der Waals surface area contributed by atoms with Crippen molar-refractivity contribution in [3.8, 4) is 11.4 Å². The van der Waals surface area contributed by atoms with Crippen LogP contribution in [0.15, 0.2) is 22.7 Å². The fourth-order valence-corrected chi connectivity index (χ4v) is 3.98. The van der Waals surface area contributed by atoms with E-state index in [2.05, 4.69) is 15.5 Å². The van der Waals surface area contributed by atoms with Gasteiger partial charge < -0.3 is 29.8 Å². The molecule has 2 saturated heterocycles. The number of benzene rings is 1. The average molecular weight is 455 g/mol. The Morgan fingerprint density at radius 3 is 2.64 bits per heavy atom. The van der Waals surface area contributed by atoms with E-state index >= 15 is 0 Å². The summed E-state index contributed by atoms with van der Waals surface area (Å²) in [5.41, 5.74) is 1.78. The highest BCUT2D eigenvalue weighted by atomic mass is 16.6. The number of carbonyl (C=O) groups is 2. The van der Waals surface area contributed by atoms with Gasteiger partial charge in [0.15, 0.2) is 0 Å². The minimum atomic E-state index is -0.522. The van der Waals surface area contributed by atoms with Crippen LogP contribution in [0.1, 0.15) is 51.0 Å². The van der Waals surface area contributed by atoms with Gasteiger partial charge >= 0.3 is 6.09 Å².